The van der Waals surface area contributed by atoms with Crippen molar-refractivity contribution in [3.05, 3.63) is 23.8 Å². The van der Waals surface area contributed by atoms with E-state index in [0.717, 1.165) is 0 Å². The van der Waals surface area contributed by atoms with E-state index < -0.39 is 20.6 Å². The molecule has 0 N–H and O–H groups in total. The molecule has 1 aromatic carbocycles. The number of carbonyl (C=O) groups is 1. The number of hydrogen-bond donors (Lipinski definition) is 0. The number of nitrogens with zero attached hydrogens (tertiary/aromatic N) is 1. The molecule has 20 heavy (non-hydrogen) atoms. The van der Waals surface area contributed by atoms with Crippen LogP contribution in [0.5, 0.6) is 0 Å². The first kappa shape index (κ1) is 16.8. The molecule has 0 saturated heterocycles. The average Bonchev–Trinajstić information content (AvgIpc) is 2.24. The molecular weight excluding hydrogens is 302 g/mol. The van der Waals surface area contributed by atoms with E-state index in [1.165, 1.54) is 18.2 Å². The van der Waals surface area contributed by atoms with Gasteiger partial charge in [0.25, 0.3) is 9.05 Å². The molecular formula is C13H18ClNO4S. The van der Waals surface area contributed by atoms with Crippen molar-refractivity contribution < 1.29 is 17.9 Å². The van der Waals surface area contributed by atoms with Gasteiger partial charge in [0.05, 0.1) is 11.3 Å². The zero-order valence-corrected chi connectivity index (χ0v) is 13.7. The summed E-state index contributed by atoms with van der Waals surface area (Å²) in [6.07, 6.45) is 0. The second-order valence-corrected chi connectivity index (χ2v) is 8.05. The van der Waals surface area contributed by atoms with Crippen molar-refractivity contribution in [2.24, 2.45) is 0 Å². The summed E-state index contributed by atoms with van der Waals surface area (Å²) in [7, 11) is 4.83. The Balaban J connectivity index is 3.31. The van der Waals surface area contributed by atoms with Gasteiger partial charge in [0.1, 0.15) is 10.5 Å². The van der Waals surface area contributed by atoms with Crippen LogP contribution in [-0.2, 0) is 13.8 Å². The smallest absolute Gasteiger partial charge is 0.338 e. The summed E-state index contributed by atoms with van der Waals surface area (Å²) in [6.45, 7) is 5.20. The molecule has 1 aromatic rings. The van der Waals surface area contributed by atoms with Crippen molar-refractivity contribution in [2.75, 3.05) is 19.0 Å². The maximum absolute atomic E-state index is 11.9. The highest BCUT2D eigenvalue weighted by Gasteiger charge is 2.22. The highest BCUT2D eigenvalue weighted by Crippen LogP contribution is 2.28. The van der Waals surface area contributed by atoms with Gasteiger partial charge in [-0.25, -0.2) is 13.2 Å². The lowest BCUT2D eigenvalue weighted by molar-refractivity contribution is 0.00693. The largest absolute Gasteiger partial charge is 0.456 e. The molecule has 0 aliphatic carbocycles. The third-order valence-electron chi connectivity index (χ3n) is 2.34. The standard InChI is InChI=1S/C13H18ClNO4S/c1-13(2,3)19-12(16)9-6-7-10(15(4)5)11(8-9)20(14,17)18/h6-8H,1-5H3. The van der Waals surface area contributed by atoms with Crippen molar-refractivity contribution in [2.45, 2.75) is 31.3 Å². The monoisotopic (exact) mass is 319 g/mol. The second-order valence-electron chi connectivity index (χ2n) is 5.52. The highest BCUT2D eigenvalue weighted by molar-refractivity contribution is 8.13. The molecule has 0 heterocycles. The third kappa shape index (κ3) is 4.38. The molecule has 0 fully saturated rings. The van der Waals surface area contributed by atoms with E-state index in [-0.39, 0.29) is 10.5 Å². The van der Waals surface area contributed by atoms with Gasteiger partial charge in [0, 0.05) is 24.8 Å². The summed E-state index contributed by atoms with van der Waals surface area (Å²) < 4.78 is 28.4. The number of halogens is 1. The number of rotatable bonds is 3. The molecule has 1 rings (SSSR count). The van der Waals surface area contributed by atoms with E-state index in [9.17, 15) is 13.2 Å². The number of benzene rings is 1. The Labute approximate surface area is 123 Å². The van der Waals surface area contributed by atoms with E-state index in [4.69, 9.17) is 15.4 Å². The van der Waals surface area contributed by atoms with Crippen LogP contribution < -0.4 is 4.90 Å². The third-order valence-corrected chi connectivity index (χ3v) is 3.69. The summed E-state index contributed by atoms with van der Waals surface area (Å²) in [5.41, 5.74) is -0.103. The van der Waals surface area contributed by atoms with Gasteiger partial charge >= 0.3 is 5.97 Å². The van der Waals surface area contributed by atoms with Crippen molar-refractivity contribution >= 4 is 31.4 Å². The van der Waals surface area contributed by atoms with Crippen LogP contribution in [0.25, 0.3) is 0 Å². The molecule has 0 atom stereocenters. The van der Waals surface area contributed by atoms with Gasteiger partial charge in [-0.3, -0.25) is 0 Å². The van der Waals surface area contributed by atoms with Gasteiger partial charge in [-0.15, -0.1) is 0 Å². The van der Waals surface area contributed by atoms with E-state index in [0.29, 0.717) is 5.69 Å². The summed E-state index contributed by atoms with van der Waals surface area (Å²) in [4.78, 5) is 13.4. The maximum atomic E-state index is 11.9. The molecule has 0 saturated carbocycles. The minimum atomic E-state index is -3.96. The predicted molar refractivity (Wildman–Crippen MR) is 79.0 cm³/mol. The van der Waals surface area contributed by atoms with Crippen LogP contribution in [-0.4, -0.2) is 34.1 Å². The summed E-state index contributed by atoms with van der Waals surface area (Å²) in [5.74, 6) is -0.593. The molecule has 0 bridgehead atoms. The fourth-order valence-corrected chi connectivity index (χ4v) is 2.68. The zero-order chi connectivity index (χ0) is 15.7. The maximum Gasteiger partial charge on any atom is 0.338 e. The van der Waals surface area contributed by atoms with Crippen molar-refractivity contribution in [3.63, 3.8) is 0 Å². The van der Waals surface area contributed by atoms with Gasteiger partial charge in [-0.1, -0.05) is 0 Å². The molecule has 112 valence electrons. The van der Waals surface area contributed by atoms with Gasteiger partial charge < -0.3 is 9.64 Å². The van der Waals surface area contributed by atoms with Crippen molar-refractivity contribution in [1.29, 1.82) is 0 Å². The molecule has 0 radical (unpaired) electrons. The first-order chi connectivity index (χ1) is 8.92. The fraction of sp³-hybridized carbons (Fsp3) is 0.462. The second kappa shape index (κ2) is 5.61. The molecule has 0 amide bonds. The van der Waals surface area contributed by atoms with Crippen LogP contribution in [0.15, 0.2) is 23.1 Å². The molecule has 7 heteroatoms. The van der Waals surface area contributed by atoms with Gasteiger partial charge in [-0.2, -0.15) is 0 Å². The Morgan fingerprint density at radius 2 is 1.80 bits per heavy atom. The van der Waals surface area contributed by atoms with Crippen LogP contribution in [0.3, 0.4) is 0 Å². The van der Waals surface area contributed by atoms with Crippen molar-refractivity contribution in [1.82, 2.24) is 0 Å². The van der Waals surface area contributed by atoms with E-state index in [1.807, 2.05) is 0 Å². The van der Waals surface area contributed by atoms with Crippen LogP contribution >= 0.6 is 10.7 Å². The molecule has 0 unspecified atom stereocenters. The summed E-state index contributed by atoms with van der Waals surface area (Å²) in [5, 5.41) is 0. The summed E-state index contributed by atoms with van der Waals surface area (Å²) in [6, 6.07) is 4.26. The number of esters is 1. The summed E-state index contributed by atoms with van der Waals surface area (Å²) >= 11 is 0. The van der Waals surface area contributed by atoms with E-state index >= 15 is 0 Å². The Kier molecular flexibility index (Phi) is 4.71. The van der Waals surface area contributed by atoms with Crippen LogP contribution in [0.2, 0.25) is 0 Å². The Morgan fingerprint density at radius 3 is 2.20 bits per heavy atom. The first-order valence-corrected chi connectivity index (χ1v) is 8.22. The SMILES string of the molecule is CN(C)c1ccc(C(=O)OC(C)(C)C)cc1S(=O)(=O)Cl. The fourth-order valence-electron chi connectivity index (χ4n) is 1.54. The Morgan fingerprint density at radius 1 is 1.25 bits per heavy atom. The number of carbonyl (C=O) groups excluding carboxylic acids is 1. The number of anilines is 1. The predicted octanol–water partition coefficient (Wildman–Crippen LogP) is 2.64. The zero-order valence-electron chi connectivity index (χ0n) is 12.1. The Bertz CT molecular complexity index is 618. The quantitative estimate of drug-likeness (QED) is 0.633. The highest BCUT2D eigenvalue weighted by atomic mass is 35.7. The lowest BCUT2D eigenvalue weighted by atomic mass is 10.1. The van der Waals surface area contributed by atoms with Crippen molar-refractivity contribution in [3.8, 4) is 0 Å². The number of hydrogen-bond acceptors (Lipinski definition) is 5. The van der Waals surface area contributed by atoms with E-state index in [1.54, 1.807) is 39.8 Å². The van der Waals surface area contributed by atoms with Crippen LogP contribution in [0, 0.1) is 0 Å². The minimum absolute atomic E-state index is 0.118. The normalized spacial score (nSPS) is 12.1. The number of ether oxygens (including phenoxy) is 1. The van der Waals surface area contributed by atoms with Gasteiger partial charge in [0.2, 0.25) is 0 Å². The van der Waals surface area contributed by atoms with Gasteiger partial charge in [0.15, 0.2) is 0 Å². The molecule has 0 aliphatic heterocycles. The first-order valence-electron chi connectivity index (χ1n) is 5.91. The molecule has 5 nitrogen and oxygen atoms in total. The molecule has 0 aromatic heterocycles. The lowest BCUT2D eigenvalue weighted by Gasteiger charge is -2.20. The topological polar surface area (TPSA) is 63.7 Å². The van der Waals surface area contributed by atoms with Crippen LogP contribution in [0.1, 0.15) is 31.1 Å². The lowest BCUT2D eigenvalue weighted by Crippen LogP contribution is -2.24. The molecule has 0 spiro atoms. The van der Waals surface area contributed by atoms with Crippen LogP contribution in [0.4, 0.5) is 5.69 Å². The van der Waals surface area contributed by atoms with E-state index in [2.05, 4.69) is 0 Å². The molecule has 0 aliphatic rings. The minimum Gasteiger partial charge on any atom is -0.456 e. The van der Waals surface area contributed by atoms with Gasteiger partial charge in [-0.05, 0) is 39.0 Å². The Hall–Kier alpha value is -1.27. The average molecular weight is 320 g/mol.